The second-order valence-electron chi connectivity index (χ2n) is 3.50. The fourth-order valence-electron chi connectivity index (χ4n) is 1.31. The molecular formula is C12H19NO2. The molecule has 0 aliphatic heterocycles. The maximum atomic E-state index is 5.65. The predicted molar refractivity (Wildman–Crippen MR) is 61.1 cm³/mol. The molecule has 2 N–H and O–H groups in total. The molecule has 0 fully saturated rings. The Morgan fingerprint density at radius 2 is 2.07 bits per heavy atom. The van der Waals surface area contributed by atoms with E-state index in [1.54, 1.807) is 7.11 Å². The molecule has 3 heteroatoms. The van der Waals surface area contributed by atoms with E-state index in [-0.39, 0.29) is 0 Å². The number of nitrogens with two attached hydrogens (primary N) is 1. The fourth-order valence-corrected chi connectivity index (χ4v) is 1.31. The number of hydrogen-bond donors (Lipinski definition) is 1. The van der Waals surface area contributed by atoms with Gasteiger partial charge in [0.1, 0.15) is 5.75 Å². The van der Waals surface area contributed by atoms with Gasteiger partial charge in [0.2, 0.25) is 0 Å². The minimum absolute atomic E-state index is 0.550. The number of aryl methyl sites for hydroxylation is 1. The summed E-state index contributed by atoms with van der Waals surface area (Å²) < 4.78 is 10.6. The van der Waals surface area contributed by atoms with Gasteiger partial charge in [-0.05, 0) is 24.1 Å². The predicted octanol–water partition coefficient (Wildman–Crippen LogP) is 1.87. The zero-order valence-corrected chi connectivity index (χ0v) is 9.45. The third-order valence-corrected chi connectivity index (χ3v) is 2.24. The molecule has 0 saturated heterocycles. The van der Waals surface area contributed by atoms with E-state index in [0.29, 0.717) is 13.2 Å². The van der Waals surface area contributed by atoms with Crippen molar-refractivity contribution in [2.45, 2.75) is 19.9 Å². The van der Waals surface area contributed by atoms with Crippen molar-refractivity contribution in [2.24, 2.45) is 5.73 Å². The van der Waals surface area contributed by atoms with Gasteiger partial charge >= 0.3 is 0 Å². The average Bonchev–Trinajstić information content (AvgIpc) is 2.26. The monoisotopic (exact) mass is 209 g/mol. The normalized spacial score (nSPS) is 10.3. The molecule has 0 saturated carbocycles. The maximum absolute atomic E-state index is 5.65. The maximum Gasteiger partial charge on any atom is 0.122 e. The van der Waals surface area contributed by atoms with Crippen LogP contribution in [0.3, 0.4) is 0 Å². The fraction of sp³-hybridized carbons (Fsp3) is 0.500. The Bertz CT molecular complexity index is 300. The smallest absolute Gasteiger partial charge is 0.122 e. The van der Waals surface area contributed by atoms with E-state index in [9.17, 15) is 0 Å². The van der Waals surface area contributed by atoms with Crippen molar-refractivity contribution in [1.82, 2.24) is 0 Å². The molecule has 15 heavy (non-hydrogen) atoms. The summed E-state index contributed by atoms with van der Waals surface area (Å²) in [7, 11) is 1.69. The lowest BCUT2D eigenvalue weighted by Gasteiger charge is -2.10. The van der Waals surface area contributed by atoms with Gasteiger partial charge < -0.3 is 15.2 Å². The van der Waals surface area contributed by atoms with Gasteiger partial charge in [-0.2, -0.15) is 0 Å². The van der Waals surface area contributed by atoms with Gasteiger partial charge in [-0.15, -0.1) is 0 Å². The Labute approximate surface area is 91.2 Å². The van der Waals surface area contributed by atoms with Crippen LogP contribution in [-0.2, 0) is 11.3 Å². The summed E-state index contributed by atoms with van der Waals surface area (Å²) in [4.78, 5) is 0. The molecule has 3 nitrogen and oxygen atoms in total. The first kappa shape index (κ1) is 12.0. The third-order valence-electron chi connectivity index (χ3n) is 2.24. The van der Waals surface area contributed by atoms with E-state index in [1.165, 1.54) is 0 Å². The second-order valence-corrected chi connectivity index (χ2v) is 3.50. The largest absolute Gasteiger partial charge is 0.493 e. The van der Waals surface area contributed by atoms with E-state index in [1.807, 2.05) is 25.1 Å². The van der Waals surface area contributed by atoms with Gasteiger partial charge in [0.05, 0.1) is 6.61 Å². The van der Waals surface area contributed by atoms with E-state index >= 15 is 0 Å². The molecule has 1 aromatic rings. The van der Waals surface area contributed by atoms with Crippen LogP contribution in [0.25, 0.3) is 0 Å². The quantitative estimate of drug-likeness (QED) is 0.727. The summed E-state index contributed by atoms with van der Waals surface area (Å²) >= 11 is 0. The zero-order valence-electron chi connectivity index (χ0n) is 9.45. The van der Waals surface area contributed by atoms with Crippen LogP contribution in [0.1, 0.15) is 17.5 Å². The van der Waals surface area contributed by atoms with Gasteiger partial charge in [0, 0.05) is 26.7 Å². The number of ether oxygens (including phenoxy) is 2. The van der Waals surface area contributed by atoms with E-state index in [4.69, 9.17) is 15.2 Å². The first-order chi connectivity index (χ1) is 7.27. The van der Waals surface area contributed by atoms with E-state index in [2.05, 4.69) is 0 Å². The molecule has 84 valence electrons. The Balaban J connectivity index is 2.51. The van der Waals surface area contributed by atoms with Crippen molar-refractivity contribution >= 4 is 0 Å². The molecule has 0 spiro atoms. The zero-order chi connectivity index (χ0) is 11.1. The van der Waals surface area contributed by atoms with E-state index in [0.717, 1.165) is 29.9 Å². The van der Waals surface area contributed by atoms with Crippen LogP contribution in [0.15, 0.2) is 18.2 Å². The second kappa shape index (κ2) is 6.43. The molecule has 1 aromatic carbocycles. The lowest BCUT2D eigenvalue weighted by molar-refractivity contribution is 0.172. The van der Waals surface area contributed by atoms with E-state index < -0.39 is 0 Å². The van der Waals surface area contributed by atoms with Crippen LogP contribution < -0.4 is 10.5 Å². The first-order valence-corrected chi connectivity index (χ1v) is 5.19. The lowest BCUT2D eigenvalue weighted by atomic mass is 10.1. The molecule has 0 bridgehead atoms. The Morgan fingerprint density at radius 1 is 1.27 bits per heavy atom. The summed E-state index contributed by atoms with van der Waals surface area (Å²) in [6.07, 6.45) is 0.906. The van der Waals surface area contributed by atoms with Crippen LogP contribution in [-0.4, -0.2) is 20.3 Å². The van der Waals surface area contributed by atoms with Crippen LogP contribution in [0.4, 0.5) is 0 Å². The average molecular weight is 209 g/mol. The molecule has 0 aromatic heterocycles. The van der Waals surface area contributed by atoms with Crippen molar-refractivity contribution in [3.63, 3.8) is 0 Å². The van der Waals surface area contributed by atoms with Gasteiger partial charge in [0.25, 0.3) is 0 Å². The number of hydrogen-bond acceptors (Lipinski definition) is 3. The molecule has 0 radical (unpaired) electrons. The van der Waals surface area contributed by atoms with Crippen LogP contribution in [0.5, 0.6) is 5.75 Å². The van der Waals surface area contributed by atoms with Crippen LogP contribution in [0, 0.1) is 6.92 Å². The minimum atomic E-state index is 0.550. The highest BCUT2D eigenvalue weighted by Gasteiger charge is 2.00. The van der Waals surface area contributed by atoms with Gasteiger partial charge in [-0.1, -0.05) is 12.1 Å². The van der Waals surface area contributed by atoms with Gasteiger partial charge in [-0.25, -0.2) is 0 Å². The molecule has 0 amide bonds. The summed E-state index contributed by atoms with van der Waals surface area (Å²) in [5.74, 6) is 0.925. The lowest BCUT2D eigenvalue weighted by Crippen LogP contribution is -2.03. The first-order valence-electron chi connectivity index (χ1n) is 5.19. The molecular weight excluding hydrogens is 190 g/mol. The Kier molecular flexibility index (Phi) is 5.15. The molecule has 0 atom stereocenters. The standard InChI is InChI=1S/C12H19NO2/c1-10-4-5-11(9-13)8-12(10)15-7-3-6-14-2/h4-5,8H,3,6-7,9,13H2,1-2H3. The Morgan fingerprint density at radius 3 is 2.73 bits per heavy atom. The highest BCUT2D eigenvalue weighted by Crippen LogP contribution is 2.19. The topological polar surface area (TPSA) is 44.5 Å². The van der Waals surface area contributed by atoms with Crippen molar-refractivity contribution in [3.05, 3.63) is 29.3 Å². The molecule has 0 aliphatic carbocycles. The number of benzene rings is 1. The SMILES string of the molecule is COCCCOc1cc(CN)ccc1C. The third kappa shape index (κ3) is 3.90. The van der Waals surface area contributed by atoms with Crippen LogP contribution >= 0.6 is 0 Å². The molecule has 0 unspecified atom stereocenters. The minimum Gasteiger partial charge on any atom is -0.493 e. The molecule has 1 rings (SSSR count). The van der Waals surface area contributed by atoms with Crippen molar-refractivity contribution < 1.29 is 9.47 Å². The molecule has 0 heterocycles. The summed E-state index contributed by atoms with van der Waals surface area (Å²) in [5.41, 5.74) is 7.81. The summed E-state index contributed by atoms with van der Waals surface area (Å²) in [5, 5.41) is 0. The summed E-state index contributed by atoms with van der Waals surface area (Å²) in [6.45, 7) is 4.00. The number of rotatable bonds is 6. The highest BCUT2D eigenvalue weighted by atomic mass is 16.5. The Hall–Kier alpha value is -1.06. The highest BCUT2D eigenvalue weighted by molar-refractivity contribution is 5.36. The van der Waals surface area contributed by atoms with Crippen LogP contribution in [0.2, 0.25) is 0 Å². The van der Waals surface area contributed by atoms with Gasteiger partial charge in [-0.3, -0.25) is 0 Å². The summed E-state index contributed by atoms with van der Waals surface area (Å²) in [6, 6.07) is 6.06. The van der Waals surface area contributed by atoms with Gasteiger partial charge in [0.15, 0.2) is 0 Å². The number of methoxy groups -OCH3 is 1. The van der Waals surface area contributed by atoms with Crippen molar-refractivity contribution in [3.8, 4) is 5.75 Å². The van der Waals surface area contributed by atoms with Crippen molar-refractivity contribution in [2.75, 3.05) is 20.3 Å². The van der Waals surface area contributed by atoms with Crippen molar-refractivity contribution in [1.29, 1.82) is 0 Å². The molecule has 0 aliphatic rings.